The molecule has 0 saturated carbocycles. The number of oxime groups is 1. The Morgan fingerprint density at radius 2 is 2.04 bits per heavy atom. The van der Waals surface area contributed by atoms with Crippen molar-refractivity contribution in [2.75, 3.05) is 0 Å². The van der Waals surface area contributed by atoms with Gasteiger partial charge in [0.05, 0.1) is 28.7 Å². The zero-order valence-electron chi connectivity index (χ0n) is 12.4. The van der Waals surface area contributed by atoms with E-state index >= 15 is 0 Å². The lowest BCUT2D eigenvalue weighted by molar-refractivity contribution is 0.311. The molecule has 0 N–H and O–H groups in total. The molecule has 0 fully saturated rings. The van der Waals surface area contributed by atoms with E-state index in [1.807, 2.05) is 19.1 Å². The van der Waals surface area contributed by atoms with Gasteiger partial charge in [0, 0.05) is 18.0 Å². The highest BCUT2D eigenvalue weighted by molar-refractivity contribution is 7.17. The Kier molecular flexibility index (Phi) is 4.33. The molecule has 0 aliphatic rings. The van der Waals surface area contributed by atoms with E-state index in [-0.39, 0.29) is 6.01 Å². The average Bonchev–Trinajstić information content (AvgIpc) is 2.97. The van der Waals surface area contributed by atoms with Crippen molar-refractivity contribution in [3.63, 3.8) is 0 Å². The van der Waals surface area contributed by atoms with Gasteiger partial charge in [0.25, 0.3) is 0 Å². The molecule has 0 atom stereocenters. The summed E-state index contributed by atoms with van der Waals surface area (Å²) in [6, 6.07) is 3.80. The van der Waals surface area contributed by atoms with E-state index in [9.17, 15) is 4.39 Å². The topological polar surface area (TPSA) is 73.2 Å². The molecule has 0 aliphatic heterocycles. The number of rotatable bonds is 4. The van der Waals surface area contributed by atoms with Crippen LogP contribution >= 0.6 is 11.3 Å². The molecular weight excluding hydrogens is 317 g/mol. The average molecular weight is 329 g/mol. The molecule has 6 nitrogen and oxygen atoms in total. The number of nitrogens with zero attached hydrogens (tertiary/aromatic N) is 5. The molecule has 3 aromatic heterocycles. The fourth-order valence-corrected chi connectivity index (χ4v) is 2.84. The van der Waals surface area contributed by atoms with Gasteiger partial charge >= 0.3 is 6.01 Å². The molecular formula is C15H12FN5OS. The Hall–Kier alpha value is -2.74. The van der Waals surface area contributed by atoms with Crippen LogP contribution in [-0.4, -0.2) is 25.6 Å². The third-order valence-electron chi connectivity index (χ3n) is 2.89. The summed E-state index contributed by atoms with van der Waals surface area (Å²) < 4.78 is 12.7. The Morgan fingerprint density at radius 3 is 2.74 bits per heavy atom. The first-order chi connectivity index (χ1) is 11.1. The summed E-state index contributed by atoms with van der Waals surface area (Å²) in [4.78, 5) is 22.0. The summed E-state index contributed by atoms with van der Waals surface area (Å²) in [7, 11) is 0. The standard InChI is InChI=1S/C15H12FN5OS/c1-9-13(23-14(20-9)11-4-3-5-17-6-11)10(2)21-22-15-18-7-12(16)8-19-15/h3-8H,1-2H3. The number of halogens is 1. The number of thiazole rings is 1. The van der Waals surface area contributed by atoms with E-state index in [0.717, 1.165) is 33.5 Å². The molecule has 0 radical (unpaired) electrons. The summed E-state index contributed by atoms with van der Waals surface area (Å²) in [5.41, 5.74) is 2.43. The largest absolute Gasteiger partial charge is 0.345 e. The molecule has 0 amide bonds. The molecule has 3 aromatic rings. The first-order valence-corrected chi connectivity index (χ1v) is 7.52. The predicted molar refractivity (Wildman–Crippen MR) is 84.9 cm³/mol. The van der Waals surface area contributed by atoms with Crippen LogP contribution in [0.4, 0.5) is 4.39 Å². The van der Waals surface area contributed by atoms with Crippen molar-refractivity contribution in [1.82, 2.24) is 19.9 Å². The summed E-state index contributed by atoms with van der Waals surface area (Å²) >= 11 is 1.50. The Bertz CT molecular complexity index is 833. The number of aromatic nitrogens is 4. The Balaban J connectivity index is 1.82. The minimum atomic E-state index is -0.530. The fraction of sp³-hybridized carbons (Fsp3) is 0.133. The molecule has 3 rings (SSSR count). The molecule has 0 aliphatic carbocycles. The van der Waals surface area contributed by atoms with Gasteiger partial charge in [0.2, 0.25) is 0 Å². The molecule has 0 bridgehead atoms. The lowest BCUT2D eigenvalue weighted by Crippen LogP contribution is -1.99. The molecule has 116 valence electrons. The minimum absolute atomic E-state index is 0.0135. The summed E-state index contributed by atoms with van der Waals surface area (Å²) in [6.45, 7) is 3.70. The van der Waals surface area contributed by atoms with Crippen LogP contribution in [0.2, 0.25) is 0 Å². The van der Waals surface area contributed by atoms with E-state index in [1.165, 1.54) is 11.3 Å². The molecule has 8 heteroatoms. The maximum Gasteiger partial charge on any atom is 0.345 e. The van der Waals surface area contributed by atoms with E-state index < -0.39 is 5.82 Å². The molecule has 0 unspecified atom stereocenters. The van der Waals surface area contributed by atoms with Crippen LogP contribution in [0.5, 0.6) is 6.01 Å². The van der Waals surface area contributed by atoms with Crippen LogP contribution in [0.3, 0.4) is 0 Å². The summed E-state index contributed by atoms with van der Waals surface area (Å²) in [5.74, 6) is -0.530. The zero-order chi connectivity index (χ0) is 16.2. The van der Waals surface area contributed by atoms with Crippen LogP contribution in [0.25, 0.3) is 10.6 Å². The van der Waals surface area contributed by atoms with Gasteiger partial charge in [-0.2, -0.15) is 9.97 Å². The summed E-state index contributed by atoms with van der Waals surface area (Å²) in [6.07, 6.45) is 5.52. The van der Waals surface area contributed by atoms with Gasteiger partial charge in [-0.15, -0.1) is 11.3 Å². The first-order valence-electron chi connectivity index (χ1n) is 6.71. The van der Waals surface area contributed by atoms with Gasteiger partial charge in [-0.1, -0.05) is 5.16 Å². The Labute approximate surface area is 135 Å². The number of hydrogen-bond donors (Lipinski definition) is 0. The van der Waals surface area contributed by atoms with Crippen LogP contribution in [0.15, 0.2) is 42.1 Å². The quantitative estimate of drug-likeness (QED) is 0.543. The molecule has 23 heavy (non-hydrogen) atoms. The second-order valence-corrected chi connectivity index (χ2v) is 5.63. The molecule has 3 heterocycles. The third kappa shape index (κ3) is 3.54. The summed E-state index contributed by atoms with van der Waals surface area (Å²) in [5, 5.41) is 4.85. The lowest BCUT2D eigenvalue weighted by atomic mass is 10.3. The van der Waals surface area contributed by atoms with Gasteiger partial charge in [0.1, 0.15) is 5.01 Å². The maximum atomic E-state index is 12.7. The highest BCUT2D eigenvalue weighted by Crippen LogP contribution is 2.27. The Morgan fingerprint density at radius 1 is 1.26 bits per heavy atom. The second-order valence-electron chi connectivity index (χ2n) is 4.63. The van der Waals surface area contributed by atoms with Crippen molar-refractivity contribution < 1.29 is 9.23 Å². The number of hydrogen-bond acceptors (Lipinski definition) is 7. The van der Waals surface area contributed by atoms with E-state index in [4.69, 9.17) is 4.84 Å². The van der Waals surface area contributed by atoms with Crippen molar-refractivity contribution in [2.24, 2.45) is 5.16 Å². The van der Waals surface area contributed by atoms with Crippen molar-refractivity contribution in [3.05, 3.63) is 53.3 Å². The second kappa shape index (κ2) is 6.57. The predicted octanol–water partition coefficient (Wildman–Crippen LogP) is 3.25. The van der Waals surface area contributed by atoms with E-state index in [1.54, 1.807) is 19.3 Å². The normalized spacial score (nSPS) is 11.5. The SMILES string of the molecule is CC(=NOc1ncc(F)cn1)c1sc(-c2cccnc2)nc1C. The number of aryl methyl sites for hydroxylation is 1. The molecule has 0 aromatic carbocycles. The van der Waals surface area contributed by atoms with Crippen molar-refractivity contribution in [3.8, 4) is 16.6 Å². The zero-order valence-corrected chi connectivity index (χ0v) is 13.2. The van der Waals surface area contributed by atoms with Crippen LogP contribution < -0.4 is 4.84 Å². The van der Waals surface area contributed by atoms with Crippen LogP contribution in [-0.2, 0) is 0 Å². The number of pyridine rings is 1. The lowest BCUT2D eigenvalue weighted by Gasteiger charge is -1.98. The smallest absolute Gasteiger partial charge is 0.315 e. The van der Waals surface area contributed by atoms with Gasteiger partial charge in [-0.3, -0.25) is 4.98 Å². The van der Waals surface area contributed by atoms with E-state index in [0.29, 0.717) is 5.71 Å². The van der Waals surface area contributed by atoms with Gasteiger partial charge < -0.3 is 4.84 Å². The molecule has 0 saturated heterocycles. The van der Waals surface area contributed by atoms with E-state index in [2.05, 4.69) is 25.1 Å². The van der Waals surface area contributed by atoms with Gasteiger partial charge in [-0.25, -0.2) is 9.37 Å². The third-order valence-corrected chi connectivity index (χ3v) is 4.21. The van der Waals surface area contributed by atoms with Crippen molar-refractivity contribution in [1.29, 1.82) is 0 Å². The highest BCUT2D eigenvalue weighted by atomic mass is 32.1. The minimum Gasteiger partial charge on any atom is -0.315 e. The maximum absolute atomic E-state index is 12.7. The van der Waals surface area contributed by atoms with Gasteiger partial charge in [-0.05, 0) is 26.0 Å². The monoisotopic (exact) mass is 329 g/mol. The first kappa shape index (κ1) is 15.2. The van der Waals surface area contributed by atoms with Crippen LogP contribution in [0.1, 0.15) is 17.5 Å². The fourth-order valence-electron chi connectivity index (χ4n) is 1.84. The molecule has 0 spiro atoms. The van der Waals surface area contributed by atoms with Crippen molar-refractivity contribution in [2.45, 2.75) is 13.8 Å². The van der Waals surface area contributed by atoms with Gasteiger partial charge in [0.15, 0.2) is 5.82 Å². The van der Waals surface area contributed by atoms with Crippen LogP contribution in [0, 0.1) is 12.7 Å². The van der Waals surface area contributed by atoms with Crippen molar-refractivity contribution >= 4 is 17.0 Å². The highest BCUT2D eigenvalue weighted by Gasteiger charge is 2.12.